The van der Waals surface area contributed by atoms with E-state index in [1.54, 1.807) is 0 Å². The zero-order valence-corrected chi connectivity index (χ0v) is 12.2. The molecule has 1 fully saturated rings. The van der Waals surface area contributed by atoms with E-state index >= 15 is 0 Å². The molecule has 1 aliphatic carbocycles. The Kier molecular flexibility index (Phi) is 2.93. The Hall–Kier alpha value is -1.62. The van der Waals surface area contributed by atoms with Crippen molar-refractivity contribution in [1.82, 2.24) is 9.13 Å². The van der Waals surface area contributed by atoms with Crippen LogP contribution in [0.4, 0.5) is 0 Å². The lowest BCUT2D eigenvalue weighted by Gasteiger charge is -2.06. The Labute approximate surface area is 116 Å². The van der Waals surface area contributed by atoms with E-state index < -0.39 is 0 Å². The van der Waals surface area contributed by atoms with Gasteiger partial charge >= 0.3 is 0 Å². The summed E-state index contributed by atoms with van der Waals surface area (Å²) in [7, 11) is 1.90. The molecule has 4 nitrogen and oxygen atoms in total. The molecule has 0 spiro atoms. The number of aryl methyl sites for hydroxylation is 2. The van der Waals surface area contributed by atoms with Gasteiger partial charge in [0.25, 0.3) is 5.91 Å². The molecule has 1 aliphatic rings. The Bertz CT molecular complexity index is 701. The van der Waals surface area contributed by atoms with Gasteiger partial charge in [0.2, 0.25) is 0 Å². The highest BCUT2D eigenvalue weighted by molar-refractivity contribution is 7.07. The van der Waals surface area contributed by atoms with Crippen LogP contribution in [-0.2, 0) is 7.05 Å². The maximum absolute atomic E-state index is 12.3. The van der Waals surface area contributed by atoms with Crippen LogP contribution in [-0.4, -0.2) is 15.0 Å². The molecule has 1 amide bonds. The molecular formula is C14H17N3OS. The maximum atomic E-state index is 12.3. The molecule has 0 aliphatic heterocycles. The fraction of sp³-hybridized carbons (Fsp3) is 0.429. The van der Waals surface area contributed by atoms with Crippen LogP contribution in [0.5, 0.6) is 0 Å². The third-order valence-corrected chi connectivity index (χ3v) is 4.43. The SMILES string of the molecule is Cc1cc(C(=O)N=c2sccn2C)c(C)n1C1CC1. The molecule has 0 bridgehead atoms. The topological polar surface area (TPSA) is 39.3 Å². The van der Waals surface area contributed by atoms with Crippen molar-refractivity contribution in [3.05, 3.63) is 39.4 Å². The summed E-state index contributed by atoms with van der Waals surface area (Å²) in [5.74, 6) is -0.141. The van der Waals surface area contributed by atoms with Crippen molar-refractivity contribution in [1.29, 1.82) is 0 Å². The number of amides is 1. The fourth-order valence-corrected chi connectivity index (χ4v) is 3.20. The highest BCUT2D eigenvalue weighted by Gasteiger charge is 2.28. The van der Waals surface area contributed by atoms with E-state index in [-0.39, 0.29) is 5.91 Å². The normalized spacial score (nSPS) is 16.1. The van der Waals surface area contributed by atoms with Crippen LogP contribution in [0.25, 0.3) is 0 Å². The third kappa shape index (κ3) is 2.18. The molecular weight excluding hydrogens is 258 g/mol. The molecule has 100 valence electrons. The van der Waals surface area contributed by atoms with E-state index in [1.807, 2.05) is 36.2 Å². The van der Waals surface area contributed by atoms with Crippen LogP contribution < -0.4 is 4.80 Å². The number of rotatable bonds is 2. The van der Waals surface area contributed by atoms with E-state index in [0.29, 0.717) is 6.04 Å². The largest absolute Gasteiger partial charge is 0.345 e. The minimum absolute atomic E-state index is 0.141. The summed E-state index contributed by atoms with van der Waals surface area (Å²) < 4.78 is 4.14. The van der Waals surface area contributed by atoms with Crippen molar-refractivity contribution in [2.45, 2.75) is 32.7 Å². The Morgan fingerprint density at radius 2 is 2.16 bits per heavy atom. The molecule has 0 aromatic carbocycles. The van der Waals surface area contributed by atoms with Gasteiger partial charge in [-0.15, -0.1) is 11.3 Å². The van der Waals surface area contributed by atoms with Crippen molar-refractivity contribution in [3.63, 3.8) is 0 Å². The molecule has 3 rings (SSSR count). The molecule has 5 heteroatoms. The van der Waals surface area contributed by atoms with Crippen molar-refractivity contribution < 1.29 is 4.79 Å². The Balaban J connectivity index is 2.01. The van der Waals surface area contributed by atoms with E-state index in [4.69, 9.17) is 0 Å². The fourth-order valence-electron chi connectivity index (χ4n) is 2.47. The van der Waals surface area contributed by atoms with Crippen molar-refractivity contribution >= 4 is 17.2 Å². The second-order valence-electron chi connectivity index (χ2n) is 5.10. The third-order valence-electron chi connectivity index (χ3n) is 3.58. The number of hydrogen-bond donors (Lipinski definition) is 0. The van der Waals surface area contributed by atoms with Gasteiger partial charge < -0.3 is 9.13 Å². The van der Waals surface area contributed by atoms with Crippen molar-refractivity contribution in [3.8, 4) is 0 Å². The number of aromatic nitrogens is 2. The van der Waals surface area contributed by atoms with Crippen LogP contribution >= 0.6 is 11.3 Å². The van der Waals surface area contributed by atoms with Gasteiger partial charge in [0.15, 0.2) is 4.80 Å². The summed E-state index contributed by atoms with van der Waals surface area (Å²) in [4.78, 5) is 17.3. The predicted molar refractivity (Wildman–Crippen MR) is 75.4 cm³/mol. The van der Waals surface area contributed by atoms with Gasteiger partial charge in [0.1, 0.15) is 0 Å². The monoisotopic (exact) mass is 275 g/mol. The summed E-state index contributed by atoms with van der Waals surface area (Å²) in [6.45, 7) is 4.08. The second-order valence-corrected chi connectivity index (χ2v) is 5.97. The lowest BCUT2D eigenvalue weighted by Crippen LogP contribution is -2.13. The first-order valence-corrected chi connectivity index (χ1v) is 7.33. The predicted octanol–water partition coefficient (Wildman–Crippen LogP) is 2.58. The standard InChI is InChI=1S/C14H17N3OS/c1-9-8-12(10(2)17(9)11-4-5-11)13(18)15-14-16(3)6-7-19-14/h6-8,11H,4-5H2,1-3H3. The molecule has 19 heavy (non-hydrogen) atoms. The smallest absolute Gasteiger partial charge is 0.281 e. The van der Waals surface area contributed by atoms with E-state index in [9.17, 15) is 4.79 Å². The van der Waals surface area contributed by atoms with E-state index in [1.165, 1.54) is 24.2 Å². The molecule has 2 aromatic heterocycles. The van der Waals surface area contributed by atoms with Crippen LogP contribution in [0, 0.1) is 13.8 Å². The van der Waals surface area contributed by atoms with Crippen LogP contribution in [0.15, 0.2) is 22.6 Å². The second kappa shape index (κ2) is 4.49. The molecule has 0 N–H and O–H groups in total. The molecule has 1 saturated carbocycles. The average Bonchev–Trinajstić information content (AvgIpc) is 3.04. The summed E-state index contributed by atoms with van der Waals surface area (Å²) in [6, 6.07) is 2.56. The van der Waals surface area contributed by atoms with E-state index in [0.717, 1.165) is 21.8 Å². The van der Waals surface area contributed by atoms with E-state index in [2.05, 4.69) is 16.5 Å². The average molecular weight is 275 g/mol. The lowest BCUT2D eigenvalue weighted by atomic mass is 10.2. The summed E-state index contributed by atoms with van der Waals surface area (Å²) >= 11 is 1.48. The number of carbonyl (C=O) groups excluding carboxylic acids is 1. The molecule has 0 unspecified atom stereocenters. The number of carbonyl (C=O) groups is 1. The van der Waals surface area contributed by atoms with Gasteiger partial charge in [-0.05, 0) is 32.8 Å². The van der Waals surface area contributed by atoms with Gasteiger partial charge in [-0.1, -0.05) is 0 Å². The Morgan fingerprint density at radius 1 is 1.42 bits per heavy atom. The number of hydrogen-bond acceptors (Lipinski definition) is 2. The summed E-state index contributed by atoms with van der Waals surface area (Å²) in [5.41, 5.74) is 2.94. The molecule has 0 saturated heterocycles. The molecule has 2 aromatic rings. The molecule has 2 heterocycles. The zero-order chi connectivity index (χ0) is 13.6. The first kappa shape index (κ1) is 12.4. The van der Waals surface area contributed by atoms with Gasteiger partial charge in [-0.2, -0.15) is 4.99 Å². The highest BCUT2D eigenvalue weighted by atomic mass is 32.1. The minimum Gasteiger partial charge on any atom is -0.345 e. The molecule has 0 radical (unpaired) electrons. The quantitative estimate of drug-likeness (QED) is 0.830. The van der Waals surface area contributed by atoms with Crippen LogP contribution in [0.3, 0.4) is 0 Å². The number of nitrogens with zero attached hydrogens (tertiary/aromatic N) is 3. The molecule has 0 atom stereocenters. The number of thiazole rings is 1. The van der Waals surface area contributed by atoms with Gasteiger partial charge in [0, 0.05) is 36.1 Å². The minimum atomic E-state index is -0.141. The first-order chi connectivity index (χ1) is 9.08. The van der Waals surface area contributed by atoms with Gasteiger partial charge in [0.05, 0.1) is 5.56 Å². The lowest BCUT2D eigenvalue weighted by molar-refractivity contribution is 0.0997. The zero-order valence-electron chi connectivity index (χ0n) is 11.4. The van der Waals surface area contributed by atoms with Gasteiger partial charge in [-0.25, -0.2) is 0 Å². The summed E-state index contributed by atoms with van der Waals surface area (Å²) in [6.07, 6.45) is 4.35. The highest BCUT2D eigenvalue weighted by Crippen LogP contribution is 2.38. The Morgan fingerprint density at radius 3 is 2.74 bits per heavy atom. The van der Waals surface area contributed by atoms with Crippen LogP contribution in [0.2, 0.25) is 0 Å². The van der Waals surface area contributed by atoms with Crippen molar-refractivity contribution in [2.24, 2.45) is 12.0 Å². The summed E-state index contributed by atoms with van der Waals surface area (Å²) in [5, 5.41) is 1.93. The first-order valence-electron chi connectivity index (χ1n) is 6.45. The van der Waals surface area contributed by atoms with Crippen molar-refractivity contribution in [2.75, 3.05) is 0 Å². The van der Waals surface area contributed by atoms with Gasteiger partial charge in [-0.3, -0.25) is 4.79 Å². The maximum Gasteiger partial charge on any atom is 0.281 e. The van der Waals surface area contributed by atoms with Crippen LogP contribution in [0.1, 0.15) is 40.6 Å².